The van der Waals surface area contributed by atoms with E-state index in [9.17, 15) is 26.7 Å². The van der Waals surface area contributed by atoms with Crippen LogP contribution in [0.1, 0.15) is 53.8 Å². The van der Waals surface area contributed by atoms with Crippen molar-refractivity contribution in [2.45, 2.75) is 44.3 Å². The molecule has 0 unspecified atom stereocenters. The molecule has 32 heavy (non-hydrogen) atoms. The normalized spacial score (nSPS) is 15.5. The van der Waals surface area contributed by atoms with Crippen molar-refractivity contribution in [3.63, 3.8) is 0 Å². The zero-order valence-corrected chi connectivity index (χ0v) is 17.1. The number of nitrogens with zero attached hydrogens (tertiary/aromatic N) is 2. The maximum atomic E-state index is 14.8. The number of anilines is 2. The Bertz CT molecular complexity index is 1030. The summed E-state index contributed by atoms with van der Waals surface area (Å²) in [5.74, 6) is -3.71. The minimum absolute atomic E-state index is 0.263. The molecule has 2 aromatic rings. The van der Waals surface area contributed by atoms with Crippen molar-refractivity contribution in [2.75, 3.05) is 18.2 Å². The van der Waals surface area contributed by atoms with Crippen LogP contribution in [0.25, 0.3) is 0 Å². The van der Waals surface area contributed by atoms with Crippen molar-refractivity contribution in [1.29, 1.82) is 0 Å². The molecule has 3 N–H and O–H groups in total. The number of nitrogens with two attached hydrogens (primary N) is 1. The smallest absolute Gasteiger partial charge is 0.433 e. The third kappa shape index (κ3) is 5.14. The molecule has 1 aliphatic carbocycles. The van der Waals surface area contributed by atoms with E-state index in [0.717, 1.165) is 44.6 Å². The van der Waals surface area contributed by atoms with Gasteiger partial charge in [-0.05, 0) is 31.0 Å². The second-order valence-electron chi connectivity index (χ2n) is 7.30. The van der Waals surface area contributed by atoms with Gasteiger partial charge in [-0.25, -0.2) is 9.37 Å². The third-order valence-corrected chi connectivity index (χ3v) is 5.08. The van der Waals surface area contributed by atoms with Crippen LogP contribution in [0.4, 0.5) is 33.3 Å². The number of amides is 1. The van der Waals surface area contributed by atoms with Crippen molar-refractivity contribution < 1.29 is 31.5 Å². The molecular formula is C21H21F5N4O2. The van der Waals surface area contributed by atoms with E-state index in [1.807, 2.05) is 0 Å². The highest BCUT2D eigenvalue weighted by molar-refractivity contribution is 6.06. The van der Waals surface area contributed by atoms with Gasteiger partial charge in [-0.2, -0.15) is 17.6 Å². The average Bonchev–Trinajstić information content (AvgIpc) is 2.76. The lowest BCUT2D eigenvalue weighted by Crippen LogP contribution is -2.18. The number of alkyl halides is 3. The summed E-state index contributed by atoms with van der Waals surface area (Å²) in [4.78, 5) is 19.8. The number of carbonyl (C=O) groups is 1. The van der Waals surface area contributed by atoms with E-state index in [2.05, 4.69) is 15.3 Å². The van der Waals surface area contributed by atoms with Crippen molar-refractivity contribution in [1.82, 2.24) is 4.98 Å². The number of carbonyl (C=O) groups excluding carboxylic acids is 1. The van der Waals surface area contributed by atoms with Gasteiger partial charge in [0, 0.05) is 0 Å². The molecule has 172 valence electrons. The van der Waals surface area contributed by atoms with Crippen molar-refractivity contribution in [3.8, 4) is 5.75 Å². The minimum atomic E-state index is -4.76. The molecule has 0 spiro atoms. The first-order valence-electron chi connectivity index (χ1n) is 9.87. The number of benzene rings is 1. The Labute approximate surface area is 180 Å². The van der Waals surface area contributed by atoms with Gasteiger partial charge < -0.3 is 15.8 Å². The SMILES string of the molecule is COc1c(NC(=O)c2cccc(C(F)(F)F)n2)cc(C(F)=NC2CCCCC2)c(N)c1F. The van der Waals surface area contributed by atoms with Crippen molar-refractivity contribution in [2.24, 2.45) is 4.99 Å². The Morgan fingerprint density at radius 1 is 1.25 bits per heavy atom. The Balaban J connectivity index is 1.95. The molecule has 1 aromatic carbocycles. The number of nitrogen functional groups attached to an aromatic ring is 1. The molecule has 0 saturated heterocycles. The number of methoxy groups -OCH3 is 1. The number of aromatic nitrogens is 1. The van der Waals surface area contributed by atoms with E-state index < -0.39 is 46.7 Å². The van der Waals surface area contributed by atoms with Gasteiger partial charge in [-0.15, -0.1) is 0 Å². The van der Waals surface area contributed by atoms with Crippen LogP contribution >= 0.6 is 0 Å². The first-order valence-corrected chi connectivity index (χ1v) is 9.87. The zero-order chi connectivity index (χ0) is 23.5. The Morgan fingerprint density at radius 2 is 1.94 bits per heavy atom. The minimum Gasteiger partial charge on any atom is -0.492 e. The summed E-state index contributed by atoms with van der Waals surface area (Å²) in [6, 6.07) is 3.53. The number of pyridine rings is 1. The molecule has 11 heteroatoms. The van der Waals surface area contributed by atoms with Crippen LogP contribution in [-0.4, -0.2) is 30.0 Å². The number of halogens is 5. The lowest BCUT2D eigenvalue weighted by Gasteiger charge is -2.19. The summed E-state index contributed by atoms with van der Waals surface area (Å²) in [6.45, 7) is 0. The number of ether oxygens (including phenoxy) is 1. The molecule has 1 fully saturated rings. The fraction of sp³-hybridized carbons (Fsp3) is 0.381. The van der Waals surface area contributed by atoms with E-state index in [4.69, 9.17) is 10.5 Å². The van der Waals surface area contributed by atoms with E-state index in [1.54, 1.807) is 0 Å². The van der Waals surface area contributed by atoms with E-state index in [-0.39, 0.29) is 17.3 Å². The summed E-state index contributed by atoms with van der Waals surface area (Å²) in [7, 11) is 1.10. The number of hydrogen-bond donors (Lipinski definition) is 2. The quantitative estimate of drug-likeness (QED) is 0.371. The van der Waals surface area contributed by atoms with Gasteiger partial charge in [0.25, 0.3) is 5.91 Å². The second-order valence-corrected chi connectivity index (χ2v) is 7.30. The number of hydrogen-bond acceptors (Lipinski definition) is 5. The van der Waals surface area contributed by atoms with Crippen molar-refractivity contribution in [3.05, 3.63) is 47.0 Å². The molecule has 0 atom stereocenters. The maximum Gasteiger partial charge on any atom is 0.433 e. The number of rotatable bonds is 5. The van der Waals surface area contributed by atoms with Crippen LogP contribution in [0.2, 0.25) is 0 Å². The van der Waals surface area contributed by atoms with Gasteiger partial charge in [0.2, 0.25) is 5.97 Å². The molecule has 0 radical (unpaired) electrons. The zero-order valence-electron chi connectivity index (χ0n) is 17.1. The van der Waals surface area contributed by atoms with Gasteiger partial charge in [-0.1, -0.05) is 25.3 Å². The standard InChI is InChI=1S/C21H21F5N4O2/c1-32-18-14(30-20(31)13-8-5-9-15(29-13)21(24,25)26)10-12(17(27)16(18)22)19(23)28-11-6-3-2-4-7-11/h5,8-11H,2-4,6-7,27H2,1H3,(H,30,31). The Morgan fingerprint density at radius 3 is 2.56 bits per heavy atom. The fourth-order valence-corrected chi connectivity index (χ4v) is 3.45. The molecular weight excluding hydrogens is 435 g/mol. The first kappa shape index (κ1) is 23.4. The predicted octanol–water partition coefficient (Wildman–Crippen LogP) is 5.13. The van der Waals surface area contributed by atoms with E-state index in [0.29, 0.717) is 18.9 Å². The average molecular weight is 456 g/mol. The topological polar surface area (TPSA) is 89.6 Å². The molecule has 0 aliphatic heterocycles. The van der Waals surface area contributed by atoms with E-state index >= 15 is 0 Å². The number of aliphatic imine (C=N–C) groups is 1. The van der Waals surface area contributed by atoms with E-state index in [1.165, 1.54) is 0 Å². The molecule has 1 amide bonds. The molecule has 1 saturated carbocycles. The van der Waals surface area contributed by atoms with Crippen LogP contribution < -0.4 is 15.8 Å². The third-order valence-electron chi connectivity index (χ3n) is 5.08. The maximum absolute atomic E-state index is 14.8. The summed E-state index contributed by atoms with van der Waals surface area (Å²) in [5.41, 5.74) is 2.60. The van der Waals surface area contributed by atoms with Gasteiger partial charge in [0.1, 0.15) is 11.4 Å². The van der Waals surface area contributed by atoms with Crippen LogP contribution in [-0.2, 0) is 6.18 Å². The Kier molecular flexibility index (Phi) is 6.95. The fourth-order valence-electron chi connectivity index (χ4n) is 3.45. The second kappa shape index (κ2) is 9.49. The largest absolute Gasteiger partial charge is 0.492 e. The van der Waals surface area contributed by atoms with Gasteiger partial charge in [0.15, 0.2) is 11.6 Å². The summed E-state index contributed by atoms with van der Waals surface area (Å²) >= 11 is 0. The highest BCUT2D eigenvalue weighted by Gasteiger charge is 2.33. The molecule has 1 aliphatic rings. The molecule has 6 nitrogen and oxygen atoms in total. The van der Waals surface area contributed by atoms with Crippen molar-refractivity contribution >= 4 is 23.2 Å². The summed E-state index contributed by atoms with van der Waals surface area (Å²) in [6.07, 6.45) is -0.536. The first-order chi connectivity index (χ1) is 15.1. The van der Waals surface area contributed by atoms with Crippen LogP contribution in [0, 0.1) is 5.82 Å². The van der Waals surface area contributed by atoms with Gasteiger partial charge in [0.05, 0.1) is 30.1 Å². The summed E-state index contributed by atoms with van der Waals surface area (Å²) < 4.78 is 73.1. The lowest BCUT2D eigenvalue weighted by molar-refractivity contribution is -0.141. The van der Waals surface area contributed by atoms with Crippen LogP contribution in [0.15, 0.2) is 29.3 Å². The van der Waals surface area contributed by atoms with Crippen LogP contribution in [0.5, 0.6) is 5.75 Å². The molecule has 0 bridgehead atoms. The lowest BCUT2D eigenvalue weighted by atomic mass is 9.96. The van der Waals surface area contributed by atoms with Gasteiger partial charge >= 0.3 is 6.18 Å². The number of nitrogens with one attached hydrogen (secondary N) is 1. The monoisotopic (exact) mass is 456 g/mol. The van der Waals surface area contributed by atoms with Crippen LogP contribution in [0.3, 0.4) is 0 Å². The highest BCUT2D eigenvalue weighted by atomic mass is 19.4. The summed E-state index contributed by atoms with van der Waals surface area (Å²) in [5, 5.41) is 2.21. The highest BCUT2D eigenvalue weighted by Crippen LogP contribution is 2.36. The molecule has 1 aromatic heterocycles. The molecule has 1 heterocycles. The Hall–Kier alpha value is -3.24. The molecule has 3 rings (SSSR count). The van der Waals surface area contributed by atoms with Gasteiger partial charge in [-0.3, -0.25) is 9.79 Å². The predicted molar refractivity (Wildman–Crippen MR) is 109 cm³/mol.